The number of ether oxygens (including phenoxy) is 1. The first kappa shape index (κ1) is 21.1. The second-order valence-corrected chi connectivity index (χ2v) is 4.05. The Balaban J connectivity index is 6.35. The molecule has 2 atom stereocenters. The van der Waals surface area contributed by atoms with Crippen LogP contribution in [-0.4, -0.2) is 42.8 Å². The maximum Gasteiger partial charge on any atom is 0.437 e. The molecule has 0 aromatic heterocycles. The van der Waals surface area contributed by atoms with Gasteiger partial charge in [0.25, 0.3) is 6.17 Å². The first-order valence-electron chi connectivity index (χ1n) is 5.32. The molecule has 134 valence electrons. The third-order valence-corrected chi connectivity index (χ3v) is 2.38. The zero-order valence-electron chi connectivity index (χ0n) is 10.4. The van der Waals surface area contributed by atoms with E-state index in [1.54, 1.807) is 0 Å². The number of rotatable bonds is 5. The van der Waals surface area contributed by atoms with Crippen LogP contribution in [0.5, 0.6) is 0 Å². The summed E-state index contributed by atoms with van der Waals surface area (Å²) >= 11 is 0. The van der Waals surface area contributed by atoms with Crippen LogP contribution in [0.15, 0.2) is 0 Å². The van der Waals surface area contributed by atoms with E-state index in [4.69, 9.17) is 0 Å². The molecule has 0 aliphatic rings. The molecule has 0 rings (SSSR count). The van der Waals surface area contributed by atoms with E-state index in [1.807, 2.05) is 0 Å². The Labute approximate surface area is 115 Å². The molecule has 0 heterocycles. The molecule has 13 heteroatoms. The largest absolute Gasteiger partial charge is 0.437 e. The highest BCUT2D eigenvalue weighted by Crippen LogP contribution is 2.57. The SMILES string of the molecule is CCCOC(F)(C(F)C(F)(F)F)C(F)(C(F)(F)F)C(F)(F)F. The number of hydrogen-bond donors (Lipinski definition) is 0. The Morgan fingerprint density at radius 3 is 1.36 bits per heavy atom. The molecule has 22 heavy (non-hydrogen) atoms. The van der Waals surface area contributed by atoms with Crippen molar-refractivity contribution in [3.63, 3.8) is 0 Å². The van der Waals surface area contributed by atoms with Gasteiger partial charge in [-0.25, -0.2) is 13.2 Å². The molecule has 0 aliphatic heterocycles. The third-order valence-electron chi connectivity index (χ3n) is 2.38. The second kappa shape index (κ2) is 5.96. The van der Waals surface area contributed by atoms with Crippen molar-refractivity contribution in [2.24, 2.45) is 0 Å². The fourth-order valence-electron chi connectivity index (χ4n) is 1.36. The zero-order valence-corrected chi connectivity index (χ0v) is 10.4. The monoisotopic (exact) mass is 360 g/mol. The second-order valence-electron chi connectivity index (χ2n) is 4.05. The molecule has 0 saturated heterocycles. The van der Waals surface area contributed by atoms with Crippen molar-refractivity contribution in [1.29, 1.82) is 0 Å². The van der Waals surface area contributed by atoms with E-state index in [0.717, 1.165) is 6.92 Å². The van der Waals surface area contributed by atoms with Crippen molar-refractivity contribution < 1.29 is 57.4 Å². The lowest BCUT2D eigenvalue weighted by molar-refractivity contribution is -0.440. The molecule has 0 aromatic rings. The highest BCUT2D eigenvalue weighted by atomic mass is 19.4. The molecule has 1 nitrogen and oxygen atoms in total. The summed E-state index contributed by atoms with van der Waals surface area (Å²) in [6.07, 6.45) is -27.2. The fourth-order valence-corrected chi connectivity index (χ4v) is 1.36. The van der Waals surface area contributed by atoms with Gasteiger partial charge in [-0.3, -0.25) is 0 Å². The van der Waals surface area contributed by atoms with Crippen LogP contribution < -0.4 is 0 Å². The summed E-state index contributed by atoms with van der Waals surface area (Å²) in [5.41, 5.74) is -7.23. The smallest absolute Gasteiger partial charge is 0.340 e. The number of alkyl halides is 12. The van der Waals surface area contributed by atoms with E-state index in [9.17, 15) is 52.7 Å². The van der Waals surface area contributed by atoms with E-state index in [2.05, 4.69) is 4.74 Å². The summed E-state index contributed by atoms with van der Waals surface area (Å²) in [6, 6.07) is 0. The van der Waals surface area contributed by atoms with E-state index < -0.39 is 49.3 Å². The van der Waals surface area contributed by atoms with E-state index in [0.29, 0.717) is 0 Å². The average Bonchev–Trinajstić information content (AvgIpc) is 2.29. The molecule has 0 aliphatic carbocycles. The topological polar surface area (TPSA) is 9.23 Å². The first-order chi connectivity index (χ1) is 9.47. The van der Waals surface area contributed by atoms with Crippen molar-refractivity contribution >= 4 is 0 Å². The van der Waals surface area contributed by atoms with Gasteiger partial charge in [0.05, 0.1) is 6.61 Å². The Morgan fingerprint density at radius 1 is 0.773 bits per heavy atom. The Kier molecular flexibility index (Phi) is 5.72. The van der Waals surface area contributed by atoms with E-state index in [1.165, 1.54) is 0 Å². The van der Waals surface area contributed by atoms with Crippen LogP contribution in [0.2, 0.25) is 0 Å². The van der Waals surface area contributed by atoms with Crippen LogP contribution in [0.1, 0.15) is 13.3 Å². The van der Waals surface area contributed by atoms with Gasteiger partial charge in [-0.1, -0.05) is 6.92 Å². The van der Waals surface area contributed by atoms with Gasteiger partial charge < -0.3 is 4.74 Å². The standard InChI is InChI=1S/C9H8F12O/c1-2-3-22-5(11,4(10)6(12,13)14)7(15,8(16,17)18)9(19,20)21/h4H,2-3H2,1H3. The maximum atomic E-state index is 13.8. The summed E-state index contributed by atoms with van der Waals surface area (Å²) < 4.78 is 154. The molecular formula is C9H8F12O. The molecule has 0 fully saturated rings. The first-order valence-corrected chi connectivity index (χ1v) is 5.32. The van der Waals surface area contributed by atoms with Gasteiger partial charge in [0.15, 0.2) is 0 Å². The molecular weight excluding hydrogens is 352 g/mol. The molecule has 0 spiro atoms. The predicted molar refractivity (Wildman–Crippen MR) is 47.0 cm³/mol. The quantitative estimate of drug-likeness (QED) is 0.640. The minimum Gasteiger partial charge on any atom is -0.340 e. The number of hydrogen-bond acceptors (Lipinski definition) is 1. The molecule has 0 bridgehead atoms. The maximum absolute atomic E-state index is 13.8. The molecule has 0 N–H and O–H groups in total. The molecule has 0 amide bonds. The Morgan fingerprint density at radius 2 is 1.14 bits per heavy atom. The Bertz CT molecular complexity index is 354. The van der Waals surface area contributed by atoms with Crippen molar-refractivity contribution in [3.05, 3.63) is 0 Å². The zero-order chi connectivity index (χ0) is 18.2. The van der Waals surface area contributed by atoms with Crippen molar-refractivity contribution in [3.8, 4) is 0 Å². The average molecular weight is 360 g/mol. The highest BCUT2D eigenvalue weighted by molar-refractivity contribution is 5.10. The van der Waals surface area contributed by atoms with Gasteiger partial charge >= 0.3 is 30.1 Å². The molecule has 0 saturated carbocycles. The van der Waals surface area contributed by atoms with Gasteiger partial charge in [-0.15, -0.1) is 0 Å². The van der Waals surface area contributed by atoms with E-state index in [-0.39, 0.29) is 0 Å². The van der Waals surface area contributed by atoms with Gasteiger partial charge in [0, 0.05) is 0 Å². The van der Waals surface area contributed by atoms with Gasteiger partial charge in [0.1, 0.15) is 0 Å². The van der Waals surface area contributed by atoms with Gasteiger partial charge in [0.2, 0.25) is 0 Å². The van der Waals surface area contributed by atoms with Crippen LogP contribution in [-0.2, 0) is 4.74 Å². The van der Waals surface area contributed by atoms with Gasteiger partial charge in [-0.05, 0) is 6.42 Å². The predicted octanol–water partition coefficient (Wildman–Crippen LogP) is 4.81. The fraction of sp³-hybridized carbons (Fsp3) is 1.00. The highest BCUT2D eigenvalue weighted by Gasteiger charge is 2.88. The van der Waals surface area contributed by atoms with Crippen LogP contribution in [0.3, 0.4) is 0 Å². The minimum absolute atomic E-state index is 0.609. The van der Waals surface area contributed by atoms with Crippen LogP contribution in [0, 0.1) is 0 Å². The van der Waals surface area contributed by atoms with Crippen LogP contribution in [0.25, 0.3) is 0 Å². The van der Waals surface area contributed by atoms with E-state index >= 15 is 0 Å². The van der Waals surface area contributed by atoms with Gasteiger partial charge in [-0.2, -0.15) is 39.5 Å². The molecule has 0 aromatic carbocycles. The summed E-state index contributed by atoms with van der Waals surface area (Å²) in [7, 11) is 0. The van der Waals surface area contributed by atoms with Crippen LogP contribution >= 0.6 is 0 Å². The molecule has 0 radical (unpaired) electrons. The number of halogens is 12. The Hall–Kier alpha value is -0.880. The normalized spacial score (nSPS) is 19.0. The lowest BCUT2D eigenvalue weighted by Gasteiger charge is -2.42. The summed E-state index contributed by atoms with van der Waals surface area (Å²) in [6.45, 7) is -0.576. The third kappa shape index (κ3) is 3.38. The van der Waals surface area contributed by atoms with Crippen molar-refractivity contribution in [2.75, 3.05) is 6.61 Å². The van der Waals surface area contributed by atoms with Crippen LogP contribution in [0.4, 0.5) is 52.7 Å². The van der Waals surface area contributed by atoms with Crippen molar-refractivity contribution in [1.82, 2.24) is 0 Å². The lowest BCUT2D eigenvalue weighted by atomic mass is 9.90. The minimum atomic E-state index is -7.26. The molecule has 2 unspecified atom stereocenters. The lowest BCUT2D eigenvalue weighted by Crippen LogP contribution is -2.72. The van der Waals surface area contributed by atoms with Crippen molar-refractivity contribution in [2.45, 2.75) is 49.6 Å². The summed E-state index contributed by atoms with van der Waals surface area (Å²) in [5, 5.41) is 0. The summed E-state index contributed by atoms with van der Waals surface area (Å²) in [4.78, 5) is 0. The summed E-state index contributed by atoms with van der Waals surface area (Å²) in [5.74, 6) is -6.39.